The van der Waals surface area contributed by atoms with Crippen molar-refractivity contribution in [1.29, 1.82) is 5.41 Å². The first-order valence-corrected chi connectivity index (χ1v) is 14.4. The van der Waals surface area contributed by atoms with Crippen LogP contribution in [-0.2, 0) is 11.3 Å². The fourth-order valence-corrected chi connectivity index (χ4v) is 5.83. The number of aromatic nitrogens is 3. The molecule has 1 fully saturated rings. The number of amidine groups is 1. The molecule has 0 radical (unpaired) electrons. The van der Waals surface area contributed by atoms with Crippen LogP contribution in [0, 0.1) is 5.41 Å². The molecule has 1 amide bonds. The van der Waals surface area contributed by atoms with Crippen molar-refractivity contribution in [2.45, 2.75) is 70.6 Å². The van der Waals surface area contributed by atoms with E-state index in [0.717, 1.165) is 47.8 Å². The maximum Gasteiger partial charge on any atom is 0.407 e. The minimum atomic E-state index is -0.523. The van der Waals surface area contributed by atoms with Crippen LogP contribution in [0.15, 0.2) is 71.1 Å². The summed E-state index contributed by atoms with van der Waals surface area (Å²) in [5, 5.41) is 23.3. The van der Waals surface area contributed by atoms with Gasteiger partial charge in [-0.05, 0) is 74.9 Å². The number of fused-ring (bicyclic) bond motifs is 2. The van der Waals surface area contributed by atoms with Crippen LogP contribution in [0.1, 0.15) is 69.4 Å². The molecule has 0 unspecified atom stereocenters. The maximum atomic E-state index is 12.2. The number of nitrogens with zero attached hydrogens (tertiary/aromatic N) is 3. The van der Waals surface area contributed by atoms with E-state index in [4.69, 9.17) is 20.3 Å². The van der Waals surface area contributed by atoms with E-state index in [-0.39, 0.29) is 23.9 Å². The monoisotopic (exact) mass is 564 g/mol. The van der Waals surface area contributed by atoms with Crippen molar-refractivity contribution in [3.05, 3.63) is 83.7 Å². The second-order valence-electron chi connectivity index (χ2n) is 12.1. The van der Waals surface area contributed by atoms with Gasteiger partial charge in [0.2, 0.25) is 5.89 Å². The number of ether oxygens (including phenoxy) is 1. The summed E-state index contributed by atoms with van der Waals surface area (Å²) in [6.07, 6.45) is 2.93. The van der Waals surface area contributed by atoms with Crippen LogP contribution in [-0.4, -0.2) is 38.3 Å². The van der Waals surface area contributed by atoms with E-state index >= 15 is 0 Å². The van der Waals surface area contributed by atoms with Gasteiger partial charge in [0.05, 0.1) is 0 Å². The van der Waals surface area contributed by atoms with E-state index in [0.29, 0.717) is 23.9 Å². The molecule has 42 heavy (non-hydrogen) atoms. The largest absolute Gasteiger partial charge is 0.444 e. The lowest BCUT2D eigenvalue weighted by atomic mass is 9.86. The third-order valence-corrected chi connectivity index (χ3v) is 7.88. The summed E-state index contributed by atoms with van der Waals surface area (Å²) in [6.45, 7) is 6.17. The molecule has 0 atom stereocenters. The second-order valence-corrected chi connectivity index (χ2v) is 12.1. The molecule has 0 bridgehead atoms. The Labute approximate surface area is 244 Å². The van der Waals surface area contributed by atoms with Crippen LogP contribution in [0.3, 0.4) is 0 Å². The summed E-state index contributed by atoms with van der Waals surface area (Å²) >= 11 is 0. The zero-order chi connectivity index (χ0) is 29.4. The molecule has 5 aromatic rings. The minimum Gasteiger partial charge on any atom is -0.444 e. The predicted octanol–water partition coefficient (Wildman–Crippen LogP) is 6.73. The molecule has 9 heteroatoms. The standard InChI is InChI=1S/C33H36N6O3/c1-33(2,3)42-32(40)36-25-15-13-21(14-16-25)30-37-38-31(41-30)28-17-22-11-12-23(29(34)35)18-27(22)39(28)19-24-9-6-8-20-7-4-5-10-26(20)24/h4-12,17-18,21,25H,13-16,19H2,1-3H3,(H3,34,35)(H,36,40)/t21-,25-. The van der Waals surface area contributed by atoms with Gasteiger partial charge >= 0.3 is 6.09 Å². The number of benzene rings is 3. The van der Waals surface area contributed by atoms with Gasteiger partial charge in [-0.2, -0.15) is 0 Å². The zero-order valence-corrected chi connectivity index (χ0v) is 24.2. The molecule has 6 rings (SSSR count). The van der Waals surface area contributed by atoms with Gasteiger partial charge in [-0.25, -0.2) is 4.79 Å². The van der Waals surface area contributed by atoms with E-state index in [2.05, 4.69) is 62.5 Å². The predicted molar refractivity (Wildman–Crippen MR) is 164 cm³/mol. The summed E-state index contributed by atoms with van der Waals surface area (Å²) < 4.78 is 13.9. The highest BCUT2D eigenvalue weighted by Crippen LogP contribution is 2.36. The summed E-state index contributed by atoms with van der Waals surface area (Å²) in [7, 11) is 0. The molecular weight excluding hydrogens is 528 g/mol. The van der Waals surface area contributed by atoms with E-state index < -0.39 is 5.60 Å². The van der Waals surface area contributed by atoms with Crippen LogP contribution in [0.2, 0.25) is 0 Å². The fourth-order valence-electron chi connectivity index (χ4n) is 5.83. The first-order chi connectivity index (χ1) is 20.1. The second kappa shape index (κ2) is 11.0. The average Bonchev–Trinajstić information content (AvgIpc) is 3.58. The van der Waals surface area contributed by atoms with Gasteiger partial charge in [0.15, 0.2) is 0 Å². The number of nitrogens with one attached hydrogen (secondary N) is 2. The molecule has 9 nitrogen and oxygen atoms in total. The van der Waals surface area contributed by atoms with Gasteiger partial charge in [-0.15, -0.1) is 10.2 Å². The summed E-state index contributed by atoms with van der Waals surface area (Å²) in [6, 6.07) is 22.6. The lowest BCUT2D eigenvalue weighted by Gasteiger charge is -2.28. The van der Waals surface area contributed by atoms with Crippen molar-refractivity contribution in [2.75, 3.05) is 0 Å². The van der Waals surface area contributed by atoms with Crippen molar-refractivity contribution in [3.63, 3.8) is 0 Å². The molecule has 216 valence electrons. The molecule has 1 saturated carbocycles. The number of rotatable bonds is 6. The summed E-state index contributed by atoms with van der Waals surface area (Å²) in [4.78, 5) is 12.2. The van der Waals surface area contributed by atoms with Crippen molar-refractivity contribution in [1.82, 2.24) is 20.1 Å². The molecule has 1 aliphatic carbocycles. The van der Waals surface area contributed by atoms with E-state index in [1.807, 2.05) is 45.0 Å². The smallest absolute Gasteiger partial charge is 0.407 e. The van der Waals surface area contributed by atoms with E-state index in [1.165, 1.54) is 10.8 Å². The number of carbonyl (C=O) groups excluding carboxylic acids is 1. The van der Waals surface area contributed by atoms with Crippen LogP contribution >= 0.6 is 0 Å². The topological polar surface area (TPSA) is 132 Å². The Morgan fingerprint density at radius 3 is 2.55 bits per heavy atom. The molecule has 4 N–H and O–H groups in total. The third-order valence-electron chi connectivity index (χ3n) is 7.88. The lowest BCUT2D eigenvalue weighted by molar-refractivity contribution is 0.0490. The van der Waals surface area contributed by atoms with Crippen molar-refractivity contribution < 1.29 is 13.9 Å². The molecule has 2 heterocycles. The molecular formula is C33H36N6O3. The molecule has 1 aliphatic rings. The van der Waals surface area contributed by atoms with Crippen LogP contribution in [0.4, 0.5) is 4.79 Å². The Bertz CT molecular complexity index is 1770. The van der Waals surface area contributed by atoms with E-state index in [9.17, 15) is 4.79 Å². The van der Waals surface area contributed by atoms with Gasteiger partial charge in [0.25, 0.3) is 5.89 Å². The first kappa shape index (κ1) is 27.5. The van der Waals surface area contributed by atoms with E-state index in [1.54, 1.807) is 0 Å². The molecule has 3 aromatic carbocycles. The molecule has 0 aliphatic heterocycles. The summed E-state index contributed by atoms with van der Waals surface area (Å²) in [5.41, 5.74) is 8.91. The molecule has 0 saturated heterocycles. The minimum absolute atomic E-state index is 0.0215. The number of nitrogens with two attached hydrogens (primary N) is 1. The highest BCUT2D eigenvalue weighted by atomic mass is 16.6. The quantitative estimate of drug-likeness (QED) is 0.155. The van der Waals surface area contributed by atoms with Gasteiger partial charge in [-0.3, -0.25) is 5.41 Å². The number of hydrogen-bond donors (Lipinski definition) is 3. The van der Waals surface area contributed by atoms with Gasteiger partial charge < -0.3 is 24.8 Å². The van der Waals surface area contributed by atoms with Crippen molar-refractivity contribution in [3.8, 4) is 11.6 Å². The number of nitrogen functional groups attached to an aromatic ring is 1. The highest BCUT2D eigenvalue weighted by molar-refractivity contribution is 5.99. The molecule has 0 spiro atoms. The van der Waals surface area contributed by atoms with Crippen molar-refractivity contribution in [2.24, 2.45) is 5.73 Å². The van der Waals surface area contributed by atoms with Gasteiger partial charge in [0, 0.05) is 35.0 Å². The zero-order valence-electron chi connectivity index (χ0n) is 24.2. The Hall–Kier alpha value is -4.66. The number of hydrogen-bond acceptors (Lipinski definition) is 6. The van der Waals surface area contributed by atoms with Crippen LogP contribution in [0.5, 0.6) is 0 Å². The lowest BCUT2D eigenvalue weighted by Crippen LogP contribution is -2.40. The highest BCUT2D eigenvalue weighted by Gasteiger charge is 2.29. The maximum absolute atomic E-state index is 12.2. The van der Waals surface area contributed by atoms with Crippen LogP contribution in [0.25, 0.3) is 33.3 Å². The average molecular weight is 565 g/mol. The van der Waals surface area contributed by atoms with Crippen LogP contribution < -0.4 is 11.1 Å². The third kappa shape index (κ3) is 5.72. The SMILES string of the molecule is CC(C)(C)OC(=O)N[C@H]1CC[C@H](c2nnc(-c3cc4ccc(C(=N)N)cc4n3Cc3cccc4ccccc34)o2)CC1. The Morgan fingerprint density at radius 1 is 1.02 bits per heavy atom. The fraction of sp³-hybridized carbons (Fsp3) is 0.333. The number of amides is 1. The Balaban J connectivity index is 1.28. The van der Waals surface area contributed by atoms with Crippen molar-refractivity contribution >= 4 is 33.6 Å². The Morgan fingerprint density at radius 2 is 1.79 bits per heavy atom. The summed E-state index contributed by atoms with van der Waals surface area (Å²) in [5.74, 6) is 1.23. The van der Waals surface area contributed by atoms with Gasteiger partial charge in [0.1, 0.15) is 17.1 Å². The Kier molecular flexibility index (Phi) is 7.18. The normalized spacial score (nSPS) is 17.4. The number of alkyl carbamates (subject to hydrolysis) is 1. The molecule has 2 aromatic heterocycles. The first-order valence-electron chi connectivity index (χ1n) is 14.4. The van der Waals surface area contributed by atoms with Gasteiger partial charge in [-0.1, -0.05) is 54.6 Å². The number of carbonyl (C=O) groups is 1.